The predicted molar refractivity (Wildman–Crippen MR) is 134 cm³/mol. The van der Waals surface area contributed by atoms with E-state index in [1.165, 1.54) is 11.1 Å². The molecule has 0 unspecified atom stereocenters. The van der Waals surface area contributed by atoms with E-state index in [9.17, 15) is 10.2 Å². The van der Waals surface area contributed by atoms with Crippen molar-refractivity contribution in [2.75, 3.05) is 0 Å². The molecule has 0 heterocycles. The third kappa shape index (κ3) is 5.64. The second-order valence-electron chi connectivity index (χ2n) is 13.2. The summed E-state index contributed by atoms with van der Waals surface area (Å²) in [5.74, 6) is 0.673. The molecule has 0 saturated carbocycles. The lowest BCUT2D eigenvalue weighted by molar-refractivity contribution is 0.455. The highest BCUT2D eigenvalue weighted by atomic mass is 16.3. The van der Waals surface area contributed by atoms with Gasteiger partial charge in [0.1, 0.15) is 11.5 Å². The molecule has 2 heteroatoms. The van der Waals surface area contributed by atoms with Gasteiger partial charge >= 0.3 is 0 Å². The van der Waals surface area contributed by atoms with Gasteiger partial charge in [0, 0.05) is 12.0 Å². The number of benzene rings is 2. The Morgan fingerprint density at radius 3 is 1.26 bits per heavy atom. The van der Waals surface area contributed by atoms with Crippen LogP contribution in [0, 0.1) is 0 Å². The normalized spacial score (nSPS) is 13.5. The minimum Gasteiger partial charge on any atom is -0.508 e. The summed E-state index contributed by atoms with van der Waals surface area (Å²) < 4.78 is 0. The molecule has 0 atom stereocenters. The quantitative estimate of drug-likeness (QED) is 0.515. The van der Waals surface area contributed by atoms with Crippen LogP contribution in [0.25, 0.3) is 0 Å². The van der Waals surface area contributed by atoms with Crippen molar-refractivity contribution in [1.82, 2.24) is 0 Å². The first-order chi connectivity index (χ1) is 13.7. The van der Waals surface area contributed by atoms with Crippen LogP contribution >= 0.6 is 0 Å². The molecule has 2 aromatic rings. The summed E-state index contributed by atoms with van der Waals surface area (Å²) in [5.41, 5.74) is 6.41. The Kier molecular flexibility index (Phi) is 6.42. The first-order valence-corrected chi connectivity index (χ1v) is 11.5. The number of hydrogen-bond donors (Lipinski definition) is 2. The second kappa shape index (κ2) is 7.87. The van der Waals surface area contributed by atoms with Crippen LogP contribution in [-0.4, -0.2) is 10.2 Å². The van der Waals surface area contributed by atoms with Gasteiger partial charge in [0.2, 0.25) is 0 Å². The highest BCUT2D eigenvalue weighted by molar-refractivity contribution is 5.55. The average Bonchev–Trinajstić information content (AvgIpc) is 2.53. The average molecular weight is 425 g/mol. The highest BCUT2D eigenvalue weighted by Gasteiger charge is 2.30. The molecule has 0 amide bonds. The molecule has 0 radical (unpaired) electrons. The van der Waals surface area contributed by atoms with Gasteiger partial charge in [-0.25, -0.2) is 0 Å². The Bertz CT molecular complexity index is 917. The van der Waals surface area contributed by atoms with E-state index < -0.39 is 0 Å². The van der Waals surface area contributed by atoms with Crippen LogP contribution < -0.4 is 0 Å². The predicted octanol–water partition coefficient (Wildman–Crippen LogP) is 7.88. The maximum atomic E-state index is 11.3. The molecule has 2 nitrogen and oxygen atoms in total. The topological polar surface area (TPSA) is 40.5 Å². The van der Waals surface area contributed by atoms with Crippen LogP contribution in [0.5, 0.6) is 11.5 Å². The molecule has 0 saturated heterocycles. The monoisotopic (exact) mass is 424 g/mol. The molecule has 172 valence electrons. The Labute approximate surface area is 190 Å². The van der Waals surface area contributed by atoms with E-state index in [-0.39, 0.29) is 21.7 Å². The molecule has 0 fully saturated rings. The van der Waals surface area contributed by atoms with Crippen molar-refractivity contribution in [3.8, 4) is 11.5 Å². The van der Waals surface area contributed by atoms with Gasteiger partial charge in [-0.2, -0.15) is 0 Å². The highest BCUT2D eigenvalue weighted by Crippen LogP contribution is 2.42. The molecule has 0 aromatic heterocycles. The van der Waals surface area contributed by atoms with Crippen LogP contribution in [0.4, 0.5) is 0 Å². The number of hydrogen-bond acceptors (Lipinski definition) is 2. The Morgan fingerprint density at radius 1 is 0.516 bits per heavy atom. The van der Waals surface area contributed by atoms with E-state index in [1.54, 1.807) is 0 Å². The van der Waals surface area contributed by atoms with Crippen LogP contribution in [0.2, 0.25) is 0 Å². The maximum absolute atomic E-state index is 11.3. The van der Waals surface area contributed by atoms with E-state index in [0.29, 0.717) is 17.9 Å². The second-order valence-corrected chi connectivity index (χ2v) is 13.2. The zero-order valence-electron chi connectivity index (χ0n) is 21.9. The van der Waals surface area contributed by atoms with Crippen LogP contribution in [0.3, 0.4) is 0 Å². The summed E-state index contributed by atoms with van der Waals surface area (Å²) in [6.45, 7) is 26.3. The summed E-state index contributed by atoms with van der Waals surface area (Å²) in [6.07, 6.45) is 0.641. The SMILES string of the molecule is CC(C)(C)c1cc(O)c(Cc2c(C(C)(C)C)cc(O)cc2C(C)(C)C)c(C(C)(C)C)c1. The molecule has 0 aliphatic rings. The van der Waals surface area contributed by atoms with E-state index in [1.807, 2.05) is 18.2 Å². The van der Waals surface area contributed by atoms with E-state index in [2.05, 4.69) is 89.2 Å². The molecule has 0 spiro atoms. The molecule has 0 aliphatic heterocycles. The summed E-state index contributed by atoms with van der Waals surface area (Å²) in [6, 6.07) is 8.03. The Balaban J connectivity index is 2.88. The molecule has 0 aliphatic carbocycles. The van der Waals surface area contributed by atoms with Gasteiger partial charge in [0.15, 0.2) is 0 Å². The minimum atomic E-state index is -0.128. The lowest BCUT2D eigenvalue weighted by Gasteiger charge is -2.33. The van der Waals surface area contributed by atoms with Crippen LogP contribution in [-0.2, 0) is 28.1 Å². The Hall–Kier alpha value is -1.96. The number of phenolic OH excluding ortho intramolecular Hbond substituents is 2. The third-order valence-electron chi connectivity index (χ3n) is 6.10. The van der Waals surface area contributed by atoms with Gasteiger partial charge in [-0.15, -0.1) is 0 Å². The first-order valence-electron chi connectivity index (χ1n) is 11.5. The summed E-state index contributed by atoms with van der Waals surface area (Å²) >= 11 is 0. The molecular weight excluding hydrogens is 380 g/mol. The lowest BCUT2D eigenvalue weighted by atomic mass is 9.72. The fourth-order valence-electron chi connectivity index (χ4n) is 4.31. The molecule has 31 heavy (non-hydrogen) atoms. The van der Waals surface area contributed by atoms with Crippen molar-refractivity contribution in [2.24, 2.45) is 0 Å². The zero-order chi connectivity index (χ0) is 24.2. The lowest BCUT2D eigenvalue weighted by Crippen LogP contribution is -2.23. The summed E-state index contributed by atoms with van der Waals surface area (Å²) in [4.78, 5) is 0. The number of phenols is 2. The van der Waals surface area contributed by atoms with E-state index in [4.69, 9.17) is 0 Å². The fourth-order valence-corrected chi connectivity index (χ4v) is 4.31. The third-order valence-corrected chi connectivity index (χ3v) is 6.10. The van der Waals surface area contributed by atoms with Gasteiger partial charge in [-0.3, -0.25) is 0 Å². The molecule has 2 rings (SSSR count). The van der Waals surface area contributed by atoms with Gasteiger partial charge in [-0.1, -0.05) is 89.2 Å². The molecule has 0 bridgehead atoms. The van der Waals surface area contributed by atoms with Crippen LogP contribution in [0.1, 0.15) is 116 Å². The standard InChI is InChI=1S/C29H44O2/c1-26(2,3)18-13-22(27(4,5)6)21(25(31)14-18)17-20-23(28(7,8)9)15-19(30)16-24(20)29(10,11)12/h13-16,30-31H,17H2,1-12H3. The van der Waals surface area contributed by atoms with E-state index >= 15 is 0 Å². The minimum absolute atomic E-state index is 0.0400. The van der Waals surface area contributed by atoms with Crippen LogP contribution in [0.15, 0.2) is 24.3 Å². The van der Waals surface area contributed by atoms with Crippen molar-refractivity contribution in [3.63, 3.8) is 0 Å². The first kappa shape index (κ1) is 25.3. The van der Waals surface area contributed by atoms with Crippen molar-refractivity contribution < 1.29 is 10.2 Å². The van der Waals surface area contributed by atoms with Crippen molar-refractivity contribution in [2.45, 2.75) is 111 Å². The number of rotatable bonds is 2. The number of aromatic hydroxyl groups is 2. The van der Waals surface area contributed by atoms with Crippen molar-refractivity contribution in [1.29, 1.82) is 0 Å². The summed E-state index contributed by atoms with van der Waals surface area (Å²) in [7, 11) is 0. The van der Waals surface area contributed by atoms with E-state index in [0.717, 1.165) is 22.3 Å². The molecule has 2 N–H and O–H groups in total. The Morgan fingerprint density at radius 2 is 0.903 bits per heavy atom. The fraction of sp³-hybridized carbons (Fsp3) is 0.586. The smallest absolute Gasteiger partial charge is 0.119 e. The van der Waals surface area contributed by atoms with Gasteiger partial charge in [-0.05, 0) is 67.7 Å². The molecular formula is C29H44O2. The zero-order valence-corrected chi connectivity index (χ0v) is 21.9. The molecule has 2 aromatic carbocycles. The van der Waals surface area contributed by atoms with Crippen molar-refractivity contribution >= 4 is 0 Å². The summed E-state index contributed by atoms with van der Waals surface area (Å²) in [5, 5.41) is 21.8. The van der Waals surface area contributed by atoms with Crippen molar-refractivity contribution in [3.05, 3.63) is 57.6 Å². The largest absolute Gasteiger partial charge is 0.508 e. The van der Waals surface area contributed by atoms with Gasteiger partial charge in [0.05, 0.1) is 0 Å². The maximum Gasteiger partial charge on any atom is 0.119 e. The van der Waals surface area contributed by atoms with Gasteiger partial charge in [0.25, 0.3) is 0 Å². The van der Waals surface area contributed by atoms with Gasteiger partial charge < -0.3 is 10.2 Å².